The number of rotatable bonds is 1. The molecular formula is C17H20N4O2. The van der Waals surface area contributed by atoms with E-state index in [1.807, 2.05) is 0 Å². The summed E-state index contributed by atoms with van der Waals surface area (Å²) in [6.45, 7) is 0. The fraction of sp³-hybridized carbons (Fsp3) is 0.471. The molecule has 0 fully saturated rings. The molecule has 0 aromatic carbocycles. The van der Waals surface area contributed by atoms with Crippen molar-refractivity contribution >= 4 is 17.5 Å². The minimum absolute atomic E-state index is 0.106. The highest BCUT2D eigenvalue weighted by atomic mass is 16.1. The Morgan fingerprint density at radius 2 is 2.09 bits per heavy atom. The molecule has 1 aromatic rings. The van der Waals surface area contributed by atoms with Crippen molar-refractivity contribution in [1.29, 1.82) is 0 Å². The summed E-state index contributed by atoms with van der Waals surface area (Å²) in [5.74, 6) is 0.893. The maximum atomic E-state index is 12.6. The van der Waals surface area contributed by atoms with E-state index in [1.54, 1.807) is 0 Å². The third kappa shape index (κ3) is 2.29. The molecule has 0 unspecified atom stereocenters. The number of nitrogens with two attached hydrogens (primary N) is 1. The smallest absolute Gasteiger partial charge is 0.258 e. The third-order valence-electron chi connectivity index (χ3n) is 5.10. The Hall–Kier alpha value is -2.37. The lowest BCUT2D eigenvalue weighted by Gasteiger charge is -2.37. The van der Waals surface area contributed by atoms with Crippen molar-refractivity contribution in [3.63, 3.8) is 0 Å². The molecule has 120 valence electrons. The summed E-state index contributed by atoms with van der Waals surface area (Å²) in [7, 11) is 0. The standard InChI is InChI=1S/C17H20N4O2/c18-17-20-15-14(16(23)21-17)12(9-5-2-1-3-6-9)13-10(19-15)7-4-8-11(13)22/h1-2,9,12H,3-8H2,(H4,18,19,20,21,23)/t9-,12+/m1/s1. The normalized spacial score (nSPS) is 26.5. The molecule has 4 rings (SSSR count). The molecule has 3 aliphatic rings. The highest BCUT2D eigenvalue weighted by Crippen LogP contribution is 2.46. The molecule has 0 saturated carbocycles. The van der Waals surface area contributed by atoms with E-state index in [-0.39, 0.29) is 29.1 Å². The highest BCUT2D eigenvalue weighted by Gasteiger charge is 2.40. The Bertz CT molecular complexity index is 790. The van der Waals surface area contributed by atoms with Crippen molar-refractivity contribution < 1.29 is 4.79 Å². The maximum absolute atomic E-state index is 12.6. The molecule has 0 spiro atoms. The van der Waals surface area contributed by atoms with Gasteiger partial charge in [0.2, 0.25) is 5.95 Å². The Morgan fingerprint density at radius 3 is 2.87 bits per heavy atom. The molecule has 2 aliphatic carbocycles. The zero-order valence-electron chi connectivity index (χ0n) is 12.9. The third-order valence-corrected chi connectivity index (χ3v) is 5.10. The summed E-state index contributed by atoms with van der Waals surface area (Å²) < 4.78 is 0. The maximum Gasteiger partial charge on any atom is 0.258 e. The van der Waals surface area contributed by atoms with Crippen LogP contribution in [0.1, 0.15) is 50.0 Å². The van der Waals surface area contributed by atoms with Crippen molar-refractivity contribution in [3.8, 4) is 0 Å². The molecule has 0 radical (unpaired) electrons. The summed E-state index contributed by atoms with van der Waals surface area (Å²) in [6, 6.07) is 0. The predicted octanol–water partition coefficient (Wildman–Crippen LogP) is 2.22. The topological polar surface area (TPSA) is 101 Å². The van der Waals surface area contributed by atoms with Crippen LogP contribution in [0, 0.1) is 5.92 Å². The number of carbonyl (C=O) groups excluding carboxylic acids is 1. The number of nitrogens with one attached hydrogen (secondary N) is 2. The molecule has 0 bridgehead atoms. The van der Waals surface area contributed by atoms with Gasteiger partial charge in [-0.1, -0.05) is 12.2 Å². The first-order valence-corrected chi connectivity index (χ1v) is 8.23. The van der Waals surface area contributed by atoms with Crippen molar-refractivity contribution in [2.24, 2.45) is 5.92 Å². The van der Waals surface area contributed by atoms with E-state index in [4.69, 9.17) is 5.73 Å². The van der Waals surface area contributed by atoms with Crippen LogP contribution in [0.25, 0.3) is 0 Å². The number of ketones is 1. The van der Waals surface area contributed by atoms with Crippen molar-refractivity contribution in [2.75, 3.05) is 11.1 Å². The number of Topliss-reactive ketones (excluding diaryl/α,β-unsaturated/α-hetero) is 1. The van der Waals surface area contributed by atoms with Gasteiger partial charge >= 0.3 is 0 Å². The van der Waals surface area contributed by atoms with Gasteiger partial charge in [-0.05, 0) is 38.0 Å². The van der Waals surface area contributed by atoms with Crippen molar-refractivity contribution in [3.05, 3.63) is 39.3 Å². The van der Waals surface area contributed by atoms with Crippen molar-refractivity contribution in [1.82, 2.24) is 9.97 Å². The zero-order chi connectivity index (χ0) is 16.0. The summed E-state index contributed by atoms with van der Waals surface area (Å²) >= 11 is 0. The first-order valence-electron chi connectivity index (χ1n) is 8.23. The molecule has 0 amide bonds. The van der Waals surface area contributed by atoms with Crippen molar-refractivity contribution in [2.45, 2.75) is 44.4 Å². The molecule has 6 heteroatoms. The molecular weight excluding hydrogens is 292 g/mol. The molecule has 23 heavy (non-hydrogen) atoms. The second-order valence-electron chi connectivity index (χ2n) is 6.53. The van der Waals surface area contributed by atoms with Gasteiger partial charge in [-0.25, -0.2) is 0 Å². The highest BCUT2D eigenvalue weighted by molar-refractivity contribution is 6.00. The number of anilines is 2. The lowest BCUT2D eigenvalue weighted by atomic mass is 9.70. The number of nitrogens with zero attached hydrogens (tertiary/aromatic N) is 1. The lowest BCUT2D eigenvalue weighted by molar-refractivity contribution is -0.116. The summed E-state index contributed by atoms with van der Waals surface area (Å²) in [4.78, 5) is 32.0. The fourth-order valence-corrected chi connectivity index (χ4v) is 4.12. The number of aromatic amines is 1. The van der Waals surface area contributed by atoms with Gasteiger partial charge in [0, 0.05) is 23.6 Å². The molecule has 2 atom stereocenters. The first-order chi connectivity index (χ1) is 11.1. The molecule has 1 aromatic heterocycles. The number of aromatic nitrogens is 2. The van der Waals surface area contributed by atoms with Gasteiger partial charge in [0.05, 0.1) is 5.56 Å². The van der Waals surface area contributed by atoms with Crippen LogP contribution in [0.15, 0.2) is 28.2 Å². The number of carbonyl (C=O) groups is 1. The van der Waals surface area contributed by atoms with E-state index in [0.717, 1.165) is 43.4 Å². The monoisotopic (exact) mass is 312 g/mol. The van der Waals surface area contributed by atoms with Gasteiger partial charge in [-0.3, -0.25) is 14.6 Å². The average Bonchev–Trinajstić information content (AvgIpc) is 2.54. The van der Waals surface area contributed by atoms with Crippen LogP contribution >= 0.6 is 0 Å². The number of H-pyrrole nitrogens is 1. The molecule has 4 N–H and O–H groups in total. The van der Waals surface area contributed by atoms with Gasteiger partial charge in [0.15, 0.2) is 5.78 Å². The first kappa shape index (κ1) is 14.2. The number of nitrogen functional groups attached to an aromatic ring is 1. The van der Waals surface area contributed by atoms with Crippen LogP contribution in [0.3, 0.4) is 0 Å². The Labute approximate surface area is 133 Å². The SMILES string of the molecule is Nc1nc2c(c(=O)[nH]1)[C@@H]([C@@H]1CC=CCC1)C1=C(CCCC1=O)N2. The van der Waals surface area contributed by atoms with Crippen LogP contribution < -0.4 is 16.6 Å². The van der Waals surface area contributed by atoms with Crippen LogP contribution in [0.5, 0.6) is 0 Å². The molecule has 2 heterocycles. The summed E-state index contributed by atoms with van der Waals surface area (Å²) in [5.41, 5.74) is 7.79. The van der Waals surface area contributed by atoms with Crippen LogP contribution in [0.2, 0.25) is 0 Å². The Morgan fingerprint density at radius 1 is 1.22 bits per heavy atom. The van der Waals surface area contributed by atoms with Crippen LogP contribution in [-0.2, 0) is 4.79 Å². The second-order valence-corrected chi connectivity index (χ2v) is 6.53. The lowest BCUT2D eigenvalue weighted by Crippen LogP contribution is -2.35. The van der Waals surface area contributed by atoms with Gasteiger partial charge in [-0.15, -0.1) is 0 Å². The van der Waals surface area contributed by atoms with E-state index in [9.17, 15) is 9.59 Å². The van der Waals surface area contributed by atoms with E-state index in [0.29, 0.717) is 17.8 Å². The van der Waals surface area contributed by atoms with Gasteiger partial charge in [0.1, 0.15) is 5.82 Å². The minimum Gasteiger partial charge on any atom is -0.369 e. The van der Waals surface area contributed by atoms with E-state index in [2.05, 4.69) is 27.4 Å². The van der Waals surface area contributed by atoms with E-state index < -0.39 is 0 Å². The zero-order valence-corrected chi connectivity index (χ0v) is 12.9. The van der Waals surface area contributed by atoms with E-state index >= 15 is 0 Å². The van der Waals surface area contributed by atoms with Gasteiger partial charge < -0.3 is 11.1 Å². The number of hydrogen-bond acceptors (Lipinski definition) is 5. The average molecular weight is 312 g/mol. The van der Waals surface area contributed by atoms with Crippen LogP contribution in [0.4, 0.5) is 11.8 Å². The largest absolute Gasteiger partial charge is 0.369 e. The number of hydrogen-bond donors (Lipinski definition) is 3. The molecule has 0 saturated heterocycles. The van der Waals surface area contributed by atoms with Gasteiger partial charge in [0.25, 0.3) is 5.56 Å². The Balaban J connectivity index is 1.91. The fourth-order valence-electron chi connectivity index (χ4n) is 4.12. The van der Waals surface area contributed by atoms with E-state index in [1.165, 1.54) is 0 Å². The molecule has 6 nitrogen and oxygen atoms in total. The summed E-state index contributed by atoms with van der Waals surface area (Å²) in [6.07, 6.45) is 9.41. The number of allylic oxidation sites excluding steroid dienone is 4. The number of fused-ring (bicyclic) bond motifs is 1. The molecule has 1 aliphatic heterocycles. The quantitative estimate of drug-likeness (QED) is 0.690. The predicted molar refractivity (Wildman–Crippen MR) is 88.0 cm³/mol. The van der Waals surface area contributed by atoms with Crippen LogP contribution in [-0.4, -0.2) is 15.8 Å². The Kier molecular flexibility index (Phi) is 3.32. The minimum atomic E-state index is -0.232. The summed E-state index contributed by atoms with van der Waals surface area (Å²) in [5, 5.41) is 3.21. The second kappa shape index (κ2) is 5.37. The van der Waals surface area contributed by atoms with Gasteiger partial charge in [-0.2, -0.15) is 4.98 Å².